The Kier molecular flexibility index (Phi) is 5.22. The van der Waals surface area contributed by atoms with E-state index in [0.29, 0.717) is 18.6 Å². The number of thiazole rings is 1. The fourth-order valence-corrected chi connectivity index (χ4v) is 4.01. The number of carbonyl (C=O) groups is 2. The van der Waals surface area contributed by atoms with Gasteiger partial charge in [0.1, 0.15) is 0 Å². The number of ether oxygens (including phenoxy) is 1. The number of nitrogens with zero attached hydrogens (tertiary/aromatic N) is 2. The summed E-state index contributed by atoms with van der Waals surface area (Å²) < 4.78 is 5.14. The van der Waals surface area contributed by atoms with Crippen LogP contribution in [0.1, 0.15) is 46.4 Å². The molecule has 2 aromatic rings. The lowest BCUT2D eigenvalue weighted by molar-refractivity contribution is -0.127. The van der Waals surface area contributed by atoms with Crippen LogP contribution in [0.15, 0.2) is 5.38 Å². The van der Waals surface area contributed by atoms with Crippen LogP contribution in [0.4, 0.5) is 0 Å². The third kappa shape index (κ3) is 3.61. The highest BCUT2D eigenvalue weighted by atomic mass is 32.1. The molecule has 1 saturated heterocycles. The van der Waals surface area contributed by atoms with E-state index in [4.69, 9.17) is 4.74 Å². The minimum absolute atomic E-state index is 0.242. The summed E-state index contributed by atoms with van der Waals surface area (Å²) in [6, 6.07) is 0. The molecule has 1 amide bonds. The maximum Gasteiger partial charge on any atom is 0.340 e. The molecule has 6 nitrogen and oxygen atoms in total. The lowest BCUT2D eigenvalue weighted by Gasteiger charge is -2.13. The monoisotopic (exact) mass is 361 g/mol. The minimum atomic E-state index is -0.303. The zero-order valence-corrected chi connectivity index (χ0v) is 15.7. The summed E-state index contributed by atoms with van der Waals surface area (Å²) in [4.78, 5) is 33.7. The van der Waals surface area contributed by atoms with Gasteiger partial charge in [-0.3, -0.25) is 4.79 Å². The summed E-state index contributed by atoms with van der Waals surface area (Å²) in [5.74, 6) is -0.0605. The highest BCUT2D eigenvalue weighted by Gasteiger charge is 2.22. The van der Waals surface area contributed by atoms with Gasteiger partial charge >= 0.3 is 5.97 Å². The number of carbonyl (C=O) groups excluding carboxylic acids is 2. The van der Waals surface area contributed by atoms with Gasteiger partial charge in [0.05, 0.1) is 28.6 Å². The number of aromatic nitrogens is 2. The van der Waals surface area contributed by atoms with E-state index >= 15 is 0 Å². The lowest BCUT2D eigenvalue weighted by Crippen LogP contribution is -2.26. The number of aromatic amines is 1. The second-order valence-electron chi connectivity index (χ2n) is 6.21. The zero-order valence-electron chi connectivity index (χ0n) is 14.8. The molecule has 0 radical (unpaired) electrons. The second kappa shape index (κ2) is 7.39. The van der Waals surface area contributed by atoms with Crippen molar-refractivity contribution < 1.29 is 14.3 Å². The Morgan fingerprint density at radius 2 is 2.24 bits per heavy atom. The van der Waals surface area contributed by atoms with Gasteiger partial charge in [0.2, 0.25) is 5.91 Å². The Labute approximate surface area is 151 Å². The van der Waals surface area contributed by atoms with Crippen molar-refractivity contribution in [2.75, 3.05) is 19.7 Å². The first kappa shape index (κ1) is 17.7. The molecule has 1 aliphatic rings. The van der Waals surface area contributed by atoms with Crippen LogP contribution in [0.3, 0.4) is 0 Å². The van der Waals surface area contributed by atoms with Crippen molar-refractivity contribution >= 4 is 23.2 Å². The Hall–Kier alpha value is -2.15. The highest BCUT2D eigenvalue weighted by molar-refractivity contribution is 7.09. The van der Waals surface area contributed by atoms with Crippen molar-refractivity contribution in [1.82, 2.24) is 14.9 Å². The number of nitrogens with one attached hydrogen (secondary N) is 1. The highest BCUT2D eigenvalue weighted by Crippen LogP contribution is 2.29. The number of amides is 1. The SMILES string of the molecule is CCOC(=O)c1c(C)[nH]c(-c2csc(CCN3CCCC3=O)n2)c1C. The molecule has 1 N–H and O–H groups in total. The predicted octanol–water partition coefficient (Wildman–Crippen LogP) is 3.10. The lowest BCUT2D eigenvalue weighted by atomic mass is 10.1. The van der Waals surface area contributed by atoms with Crippen molar-refractivity contribution in [3.05, 3.63) is 27.2 Å². The summed E-state index contributed by atoms with van der Waals surface area (Å²) in [7, 11) is 0. The fraction of sp³-hybridized carbons (Fsp3) is 0.500. The first-order chi connectivity index (χ1) is 12.0. The van der Waals surface area contributed by atoms with Gasteiger partial charge in [-0.1, -0.05) is 0 Å². The van der Waals surface area contributed by atoms with Crippen molar-refractivity contribution in [3.63, 3.8) is 0 Å². The third-order valence-electron chi connectivity index (χ3n) is 4.49. The summed E-state index contributed by atoms with van der Waals surface area (Å²) in [6.07, 6.45) is 2.39. The molecule has 134 valence electrons. The minimum Gasteiger partial charge on any atom is -0.462 e. The standard InChI is InChI=1S/C18H23N3O3S/c1-4-24-18(23)16-11(2)17(19-12(16)3)13-10-25-14(20-13)7-9-21-8-5-6-15(21)22/h10,19H,4-9H2,1-3H3. The fourth-order valence-electron chi connectivity index (χ4n) is 3.23. The molecule has 1 fully saturated rings. The first-order valence-corrected chi connectivity index (χ1v) is 9.48. The van der Waals surface area contributed by atoms with Gasteiger partial charge < -0.3 is 14.6 Å². The van der Waals surface area contributed by atoms with Crippen LogP contribution in [-0.2, 0) is 16.0 Å². The molecule has 0 saturated carbocycles. The van der Waals surface area contributed by atoms with Crippen molar-refractivity contribution in [3.8, 4) is 11.4 Å². The van der Waals surface area contributed by atoms with Crippen LogP contribution in [0.5, 0.6) is 0 Å². The molecule has 25 heavy (non-hydrogen) atoms. The normalized spacial score (nSPS) is 14.4. The molecule has 0 unspecified atom stereocenters. The van der Waals surface area contributed by atoms with E-state index in [1.54, 1.807) is 18.3 Å². The van der Waals surface area contributed by atoms with E-state index in [0.717, 1.165) is 53.6 Å². The van der Waals surface area contributed by atoms with Gasteiger partial charge in [0.25, 0.3) is 0 Å². The molecule has 0 aliphatic carbocycles. The molecule has 1 aliphatic heterocycles. The van der Waals surface area contributed by atoms with Gasteiger partial charge in [0, 0.05) is 37.0 Å². The van der Waals surface area contributed by atoms with E-state index in [2.05, 4.69) is 9.97 Å². The van der Waals surface area contributed by atoms with Crippen LogP contribution in [0, 0.1) is 13.8 Å². The second-order valence-corrected chi connectivity index (χ2v) is 7.15. The molecule has 7 heteroatoms. The number of esters is 1. The van der Waals surface area contributed by atoms with Crippen LogP contribution < -0.4 is 0 Å². The molecule has 0 spiro atoms. The molecule has 0 atom stereocenters. The summed E-state index contributed by atoms with van der Waals surface area (Å²) in [5, 5.41) is 2.99. The molecular weight excluding hydrogens is 338 g/mol. The maximum atomic E-state index is 12.1. The van der Waals surface area contributed by atoms with Gasteiger partial charge in [-0.2, -0.15) is 0 Å². The molecule has 3 heterocycles. The Morgan fingerprint density at radius 3 is 2.92 bits per heavy atom. The Balaban J connectivity index is 1.75. The molecule has 0 aromatic carbocycles. The van der Waals surface area contributed by atoms with Crippen LogP contribution in [0.25, 0.3) is 11.4 Å². The number of hydrogen-bond acceptors (Lipinski definition) is 5. The number of rotatable bonds is 6. The average molecular weight is 361 g/mol. The van der Waals surface area contributed by atoms with Crippen LogP contribution in [0.2, 0.25) is 0 Å². The quantitative estimate of drug-likeness (QED) is 0.802. The number of H-pyrrole nitrogens is 1. The molecular formula is C18H23N3O3S. The van der Waals surface area contributed by atoms with E-state index in [1.165, 1.54) is 0 Å². The van der Waals surface area contributed by atoms with Gasteiger partial charge in [-0.15, -0.1) is 11.3 Å². The average Bonchev–Trinajstić information content (AvgIpc) is 3.25. The summed E-state index contributed by atoms with van der Waals surface area (Å²) >= 11 is 1.59. The number of hydrogen-bond donors (Lipinski definition) is 1. The van der Waals surface area contributed by atoms with Crippen LogP contribution >= 0.6 is 11.3 Å². The van der Waals surface area contributed by atoms with E-state index in [1.807, 2.05) is 24.1 Å². The van der Waals surface area contributed by atoms with E-state index in [-0.39, 0.29) is 11.9 Å². The first-order valence-electron chi connectivity index (χ1n) is 8.60. The zero-order chi connectivity index (χ0) is 18.0. The van der Waals surface area contributed by atoms with Crippen molar-refractivity contribution in [2.45, 2.75) is 40.0 Å². The van der Waals surface area contributed by atoms with Gasteiger partial charge in [-0.05, 0) is 32.8 Å². The maximum absolute atomic E-state index is 12.1. The van der Waals surface area contributed by atoms with Crippen molar-refractivity contribution in [2.24, 2.45) is 0 Å². The van der Waals surface area contributed by atoms with Gasteiger partial charge in [0.15, 0.2) is 0 Å². The third-order valence-corrected chi connectivity index (χ3v) is 5.40. The smallest absolute Gasteiger partial charge is 0.340 e. The number of aryl methyl sites for hydroxylation is 1. The molecule has 3 rings (SSSR count). The molecule has 0 bridgehead atoms. The molecule has 2 aromatic heterocycles. The summed E-state index contributed by atoms with van der Waals surface area (Å²) in [5.41, 5.74) is 3.95. The Bertz CT molecular complexity index is 794. The predicted molar refractivity (Wildman–Crippen MR) is 96.8 cm³/mol. The van der Waals surface area contributed by atoms with E-state index < -0.39 is 0 Å². The van der Waals surface area contributed by atoms with Crippen LogP contribution in [-0.4, -0.2) is 46.4 Å². The number of likely N-dealkylation sites (tertiary alicyclic amines) is 1. The largest absolute Gasteiger partial charge is 0.462 e. The topological polar surface area (TPSA) is 75.3 Å². The Morgan fingerprint density at radius 1 is 1.44 bits per heavy atom. The summed E-state index contributed by atoms with van der Waals surface area (Å²) in [6.45, 7) is 7.52. The van der Waals surface area contributed by atoms with Gasteiger partial charge in [-0.25, -0.2) is 9.78 Å². The van der Waals surface area contributed by atoms with E-state index in [9.17, 15) is 9.59 Å². The van der Waals surface area contributed by atoms with Crippen molar-refractivity contribution in [1.29, 1.82) is 0 Å².